The van der Waals surface area contributed by atoms with Gasteiger partial charge in [-0.1, -0.05) is 49.7 Å². The summed E-state index contributed by atoms with van der Waals surface area (Å²) in [6.45, 7) is 7.55. The number of aliphatic hydroxyl groups excluding tert-OH is 1. The number of carbonyl (C=O) groups is 2. The highest BCUT2D eigenvalue weighted by atomic mass is 35.5. The lowest BCUT2D eigenvalue weighted by Gasteiger charge is -2.29. The predicted octanol–water partition coefficient (Wildman–Crippen LogP) is 7.38. The Bertz CT molecular complexity index is 1710. The van der Waals surface area contributed by atoms with E-state index in [1.54, 1.807) is 29.2 Å². The normalized spacial score (nSPS) is 12.3. The lowest BCUT2D eigenvalue weighted by molar-refractivity contribution is 0.0576. The molecule has 4 rings (SSSR count). The van der Waals surface area contributed by atoms with Crippen molar-refractivity contribution in [1.82, 2.24) is 9.80 Å². The van der Waals surface area contributed by atoms with Gasteiger partial charge < -0.3 is 25.4 Å². The number of aryl methyl sites for hydroxylation is 1. The average molecular weight is 706 g/mol. The Morgan fingerprint density at radius 2 is 1.42 bits per heavy atom. The first-order valence-corrected chi connectivity index (χ1v) is 17.4. The Kier molecular flexibility index (Phi) is 14.3. The summed E-state index contributed by atoms with van der Waals surface area (Å²) in [6.07, 6.45) is 0.875. The number of benzene rings is 4. The lowest BCUT2D eigenvalue weighted by Crippen LogP contribution is -2.47. The molecule has 0 bridgehead atoms. The van der Waals surface area contributed by atoms with Gasteiger partial charge in [-0.3, -0.25) is 9.59 Å². The number of halogens is 3. The van der Waals surface area contributed by atoms with Crippen LogP contribution in [0.3, 0.4) is 0 Å². The Labute approximate surface area is 298 Å². The molecule has 0 aliphatic rings. The van der Waals surface area contributed by atoms with Crippen molar-refractivity contribution in [3.8, 4) is 5.75 Å². The third-order valence-electron chi connectivity index (χ3n) is 8.32. The van der Waals surface area contributed by atoms with E-state index in [4.69, 9.17) is 22.1 Å². The maximum atomic E-state index is 14.1. The summed E-state index contributed by atoms with van der Waals surface area (Å²) in [5.41, 5.74) is 9.99. The fraction of sp³-hybridized carbons (Fsp3) is 0.350. The van der Waals surface area contributed by atoms with Crippen LogP contribution in [0, 0.1) is 18.6 Å². The van der Waals surface area contributed by atoms with Crippen molar-refractivity contribution >= 4 is 23.4 Å². The Morgan fingerprint density at radius 3 is 2.02 bits per heavy atom. The predicted molar refractivity (Wildman–Crippen MR) is 194 cm³/mol. The fourth-order valence-electron chi connectivity index (χ4n) is 5.83. The second-order valence-electron chi connectivity index (χ2n) is 12.7. The monoisotopic (exact) mass is 705 g/mol. The number of nitrogens with zero attached hydrogens (tertiary/aromatic N) is 2. The molecule has 3 N–H and O–H groups in total. The number of amides is 2. The van der Waals surface area contributed by atoms with E-state index >= 15 is 0 Å². The van der Waals surface area contributed by atoms with Crippen LogP contribution in [0.4, 0.5) is 8.78 Å². The maximum absolute atomic E-state index is 14.1. The van der Waals surface area contributed by atoms with E-state index in [1.165, 1.54) is 17.0 Å². The van der Waals surface area contributed by atoms with Crippen molar-refractivity contribution in [2.24, 2.45) is 5.73 Å². The van der Waals surface area contributed by atoms with E-state index in [9.17, 15) is 23.5 Å². The molecule has 0 saturated heterocycles. The Hall–Kier alpha value is -4.31. The summed E-state index contributed by atoms with van der Waals surface area (Å²) in [5, 5.41) is 11.8. The third kappa shape index (κ3) is 11.4. The summed E-state index contributed by atoms with van der Waals surface area (Å²) in [7, 11) is 0. The molecule has 0 spiro atoms. The van der Waals surface area contributed by atoms with Crippen LogP contribution >= 0.6 is 11.6 Å². The first kappa shape index (κ1) is 38.5. The standard InChI is InChI=1S/C40H46ClF2N3O4/c1-4-14-45(15-5-2)39(48)31-17-27(3)18-32(23-31)40(49)46(25-38(47)37(44)22-30-20-34(42)24-35(43)21-30)16-13-28-9-11-36(12-10-28)50-26-29-7-6-8-33(41)19-29/h6-12,17-21,23-24,37-38,47H,4-5,13-16,22,25-26,44H2,1-3H3/t37-,38+/m0/s1. The maximum Gasteiger partial charge on any atom is 0.253 e. The molecule has 2 amide bonds. The van der Waals surface area contributed by atoms with E-state index in [1.807, 2.05) is 63.2 Å². The van der Waals surface area contributed by atoms with Crippen LogP contribution in [0.5, 0.6) is 5.75 Å². The highest BCUT2D eigenvalue weighted by Gasteiger charge is 2.25. The van der Waals surface area contributed by atoms with Crippen LogP contribution in [-0.4, -0.2) is 65.0 Å². The zero-order valence-electron chi connectivity index (χ0n) is 28.9. The topological polar surface area (TPSA) is 96.1 Å². The highest BCUT2D eigenvalue weighted by Crippen LogP contribution is 2.20. The number of rotatable bonds is 17. The van der Waals surface area contributed by atoms with Gasteiger partial charge in [-0.05, 0) is 109 Å². The van der Waals surface area contributed by atoms with Crippen LogP contribution in [0.25, 0.3) is 0 Å². The first-order valence-electron chi connectivity index (χ1n) is 17.0. The fourth-order valence-corrected chi connectivity index (χ4v) is 6.05. The molecule has 0 heterocycles. The second-order valence-corrected chi connectivity index (χ2v) is 13.1. The zero-order chi connectivity index (χ0) is 36.2. The molecule has 2 atom stereocenters. The van der Waals surface area contributed by atoms with Gasteiger partial charge in [0.2, 0.25) is 0 Å². The van der Waals surface area contributed by atoms with Gasteiger partial charge in [-0.2, -0.15) is 0 Å². The van der Waals surface area contributed by atoms with Crippen LogP contribution < -0.4 is 10.5 Å². The minimum atomic E-state index is -1.21. The molecule has 4 aromatic rings. The number of carbonyl (C=O) groups excluding carboxylic acids is 2. The lowest BCUT2D eigenvalue weighted by atomic mass is 10.00. The van der Waals surface area contributed by atoms with Gasteiger partial charge >= 0.3 is 0 Å². The van der Waals surface area contributed by atoms with Crippen molar-refractivity contribution in [3.05, 3.63) is 135 Å². The molecule has 0 aliphatic heterocycles. The summed E-state index contributed by atoms with van der Waals surface area (Å²) in [6, 6.07) is 22.3. The van der Waals surface area contributed by atoms with Crippen LogP contribution in [0.1, 0.15) is 69.7 Å². The molecule has 0 fully saturated rings. The Morgan fingerprint density at radius 1 is 0.800 bits per heavy atom. The smallest absolute Gasteiger partial charge is 0.253 e. The van der Waals surface area contributed by atoms with Gasteiger partial charge in [0.1, 0.15) is 24.0 Å². The van der Waals surface area contributed by atoms with Crippen LogP contribution in [0.15, 0.2) is 84.9 Å². The van der Waals surface area contributed by atoms with Crippen LogP contribution in [0.2, 0.25) is 5.02 Å². The second kappa shape index (κ2) is 18.6. The molecule has 0 aliphatic carbocycles. The zero-order valence-corrected chi connectivity index (χ0v) is 29.6. The minimum absolute atomic E-state index is 0.00229. The van der Waals surface area contributed by atoms with E-state index in [2.05, 4.69) is 0 Å². The highest BCUT2D eigenvalue weighted by molar-refractivity contribution is 6.30. The van der Waals surface area contributed by atoms with Crippen molar-refractivity contribution in [2.45, 2.75) is 65.2 Å². The average Bonchev–Trinajstić information content (AvgIpc) is 3.08. The molecule has 4 aromatic carbocycles. The van der Waals surface area contributed by atoms with E-state index < -0.39 is 23.8 Å². The largest absolute Gasteiger partial charge is 0.489 e. The van der Waals surface area contributed by atoms with Gasteiger partial charge in [-0.15, -0.1) is 0 Å². The molecule has 0 unspecified atom stereocenters. The molecular formula is C40H46ClF2N3O4. The molecule has 7 nitrogen and oxygen atoms in total. The van der Waals surface area contributed by atoms with Crippen molar-refractivity contribution < 1.29 is 28.2 Å². The minimum Gasteiger partial charge on any atom is -0.489 e. The third-order valence-corrected chi connectivity index (χ3v) is 8.55. The number of hydrogen-bond donors (Lipinski definition) is 2. The van der Waals surface area contributed by atoms with Crippen molar-refractivity contribution in [2.75, 3.05) is 26.2 Å². The molecule has 10 heteroatoms. The van der Waals surface area contributed by atoms with Gasteiger partial charge in [0.25, 0.3) is 11.8 Å². The number of aliphatic hydroxyl groups is 1. The molecule has 266 valence electrons. The number of hydrogen-bond acceptors (Lipinski definition) is 5. The first-order chi connectivity index (χ1) is 23.9. The van der Waals surface area contributed by atoms with Crippen molar-refractivity contribution in [3.63, 3.8) is 0 Å². The SMILES string of the molecule is CCCN(CCC)C(=O)c1cc(C)cc(C(=O)N(CCc2ccc(OCc3cccc(Cl)c3)cc2)C[C@@H](O)[C@@H](N)Cc2cc(F)cc(F)c2)c1. The summed E-state index contributed by atoms with van der Waals surface area (Å²) >= 11 is 6.08. The summed E-state index contributed by atoms with van der Waals surface area (Å²) < 4.78 is 33.6. The molecule has 50 heavy (non-hydrogen) atoms. The Balaban J connectivity index is 1.53. The summed E-state index contributed by atoms with van der Waals surface area (Å²) in [5.74, 6) is -1.31. The van der Waals surface area contributed by atoms with Crippen molar-refractivity contribution in [1.29, 1.82) is 0 Å². The number of nitrogens with two attached hydrogens (primary N) is 1. The van der Waals surface area contributed by atoms with E-state index in [-0.39, 0.29) is 31.3 Å². The molecular weight excluding hydrogens is 660 g/mol. The molecule has 0 aromatic heterocycles. The quantitative estimate of drug-likeness (QED) is 0.120. The van der Waals surface area contributed by atoms with E-state index in [0.717, 1.165) is 35.6 Å². The van der Waals surface area contributed by atoms with Gasteiger partial charge in [0, 0.05) is 54.4 Å². The van der Waals surface area contributed by atoms with Gasteiger partial charge in [-0.25, -0.2) is 8.78 Å². The molecule has 0 saturated carbocycles. The number of ether oxygens (including phenoxy) is 1. The van der Waals surface area contributed by atoms with Crippen LogP contribution in [-0.2, 0) is 19.4 Å². The molecule has 0 radical (unpaired) electrons. The summed E-state index contributed by atoms with van der Waals surface area (Å²) in [4.78, 5) is 30.9. The van der Waals surface area contributed by atoms with E-state index in [0.29, 0.717) is 53.6 Å². The van der Waals surface area contributed by atoms with Gasteiger partial charge in [0.05, 0.1) is 6.10 Å². The van der Waals surface area contributed by atoms with Gasteiger partial charge in [0.15, 0.2) is 0 Å².